The van der Waals surface area contributed by atoms with Crippen molar-refractivity contribution in [2.24, 2.45) is 34.4 Å². The summed E-state index contributed by atoms with van der Waals surface area (Å²) in [6.07, 6.45) is 4.90. The highest BCUT2D eigenvalue weighted by atomic mass is 16.2. The number of carbonyl (C=O) groups is 2. The van der Waals surface area contributed by atoms with E-state index in [0.717, 1.165) is 60.0 Å². The molecule has 6 nitrogen and oxygen atoms in total. The van der Waals surface area contributed by atoms with Gasteiger partial charge >= 0.3 is 6.03 Å². The number of likely N-dealkylation sites (N-methyl/N-ethyl adjacent to an activating group) is 1. The fourth-order valence-corrected chi connectivity index (χ4v) is 7.29. The smallest absolute Gasteiger partial charge is 0.317 e. The molecule has 0 radical (unpaired) electrons. The number of para-hydroxylation sites is 1. The third-order valence-electron chi connectivity index (χ3n) is 8.39. The van der Waals surface area contributed by atoms with Gasteiger partial charge in [0, 0.05) is 24.2 Å². The van der Waals surface area contributed by atoms with E-state index < -0.39 is 12.2 Å². The number of nitrogens with zero attached hydrogens (tertiary/aromatic N) is 3. The van der Waals surface area contributed by atoms with Crippen LogP contribution in [0.3, 0.4) is 0 Å². The van der Waals surface area contributed by atoms with Crippen molar-refractivity contribution in [3.05, 3.63) is 65.7 Å². The molecule has 2 N–H and O–H groups in total. The third kappa shape index (κ3) is 3.26. The van der Waals surface area contributed by atoms with Crippen molar-refractivity contribution >= 4 is 23.3 Å². The predicted octanol–water partition coefficient (Wildman–Crippen LogP) is 4.03. The zero-order valence-electron chi connectivity index (χ0n) is 18.9. The fraction of sp³-hybridized carbons (Fsp3) is 0.444. The molecule has 2 aromatic carbocycles. The molecule has 7 rings (SSSR count). The van der Waals surface area contributed by atoms with Crippen molar-refractivity contribution in [2.75, 3.05) is 11.9 Å². The number of carbonyl (C=O) groups excluding carboxylic acids is 2. The quantitative estimate of drug-likeness (QED) is 0.779. The Labute approximate surface area is 194 Å². The van der Waals surface area contributed by atoms with E-state index in [9.17, 15) is 9.59 Å². The highest BCUT2D eigenvalue weighted by molar-refractivity contribution is 6.20. The summed E-state index contributed by atoms with van der Waals surface area (Å²) in [5.41, 5.74) is 9.37. The molecule has 0 spiro atoms. The standard InChI is InChI=1S/C27H30N4O2/c1-30-22-10-6-5-9-21(22)23(18-7-3-2-4-8-18)29-25(26(30)32)31(27(28)33)24-19-12-16-11-17(14-19)15-20(24)13-16/h2-10,16-17,19-20,24-25H,11-15H2,1H3,(H2,28,33). The number of benzodiazepines with no additional fused rings is 1. The third-order valence-corrected chi connectivity index (χ3v) is 8.39. The van der Waals surface area contributed by atoms with Crippen molar-refractivity contribution in [1.82, 2.24) is 4.90 Å². The van der Waals surface area contributed by atoms with Gasteiger partial charge in [-0.05, 0) is 61.8 Å². The SMILES string of the molecule is CN1C(=O)C(N(C(N)=O)C2C3CC4CC(C3)CC2C4)N=C(c2ccccc2)c2ccccc21. The van der Waals surface area contributed by atoms with Crippen LogP contribution in [0.5, 0.6) is 0 Å². The Morgan fingerprint density at radius 2 is 1.55 bits per heavy atom. The molecular weight excluding hydrogens is 412 g/mol. The van der Waals surface area contributed by atoms with Crippen molar-refractivity contribution in [1.29, 1.82) is 0 Å². The normalized spacial score (nSPS) is 32.2. The van der Waals surface area contributed by atoms with Gasteiger partial charge < -0.3 is 10.6 Å². The highest BCUT2D eigenvalue weighted by Crippen LogP contribution is 2.55. The zero-order chi connectivity index (χ0) is 22.7. The molecule has 4 aliphatic carbocycles. The number of amides is 3. The second-order valence-corrected chi connectivity index (χ2v) is 10.3. The number of benzene rings is 2. The predicted molar refractivity (Wildman–Crippen MR) is 128 cm³/mol. The first-order chi connectivity index (χ1) is 16.0. The number of hydrogen-bond acceptors (Lipinski definition) is 3. The van der Waals surface area contributed by atoms with Crippen LogP contribution in [0.1, 0.15) is 43.2 Å². The average Bonchev–Trinajstić information content (AvgIpc) is 2.92. The second kappa shape index (κ2) is 7.72. The van der Waals surface area contributed by atoms with Crippen molar-refractivity contribution in [3.8, 4) is 0 Å². The monoisotopic (exact) mass is 442 g/mol. The van der Waals surface area contributed by atoms with Crippen LogP contribution in [-0.2, 0) is 4.79 Å². The van der Waals surface area contributed by atoms with Gasteiger partial charge in [0.25, 0.3) is 5.91 Å². The number of anilines is 1. The van der Waals surface area contributed by atoms with Gasteiger partial charge in [-0.2, -0.15) is 0 Å². The number of aliphatic imine (C=N–C) groups is 1. The van der Waals surface area contributed by atoms with Gasteiger partial charge in [0.2, 0.25) is 6.17 Å². The summed E-state index contributed by atoms with van der Waals surface area (Å²) in [5, 5.41) is 0. The van der Waals surface area contributed by atoms with Gasteiger partial charge in [0.05, 0.1) is 11.4 Å². The maximum Gasteiger partial charge on any atom is 0.317 e. The van der Waals surface area contributed by atoms with E-state index in [2.05, 4.69) is 0 Å². The molecule has 6 heteroatoms. The second-order valence-electron chi connectivity index (χ2n) is 10.3. The van der Waals surface area contributed by atoms with E-state index in [1.807, 2.05) is 54.6 Å². The van der Waals surface area contributed by atoms with Crippen LogP contribution >= 0.6 is 0 Å². The molecule has 1 aliphatic heterocycles. The summed E-state index contributed by atoms with van der Waals surface area (Å²) < 4.78 is 0. The van der Waals surface area contributed by atoms with Gasteiger partial charge in [0.1, 0.15) is 0 Å². The lowest BCUT2D eigenvalue weighted by molar-refractivity contribution is -0.126. The maximum absolute atomic E-state index is 13.8. The van der Waals surface area contributed by atoms with E-state index >= 15 is 0 Å². The van der Waals surface area contributed by atoms with Crippen molar-refractivity contribution in [2.45, 2.75) is 44.3 Å². The first-order valence-electron chi connectivity index (χ1n) is 12.1. The molecule has 4 saturated carbocycles. The van der Waals surface area contributed by atoms with E-state index in [1.54, 1.807) is 16.8 Å². The first kappa shape index (κ1) is 20.5. The van der Waals surface area contributed by atoms with Gasteiger partial charge in [-0.3, -0.25) is 9.69 Å². The molecule has 2 aromatic rings. The van der Waals surface area contributed by atoms with Crippen LogP contribution in [0.4, 0.5) is 10.5 Å². The number of nitrogens with two attached hydrogens (primary N) is 1. The summed E-state index contributed by atoms with van der Waals surface area (Å²) in [7, 11) is 1.77. The number of rotatable bonds is 3. The maximum atomic E-state index is 13.8. The van der Waals surface area contributed by atoms with E-state index in [-0.39, 0.29) is 11.9 Å². The molecular formula is C27H30N4O2. The zero-order valence-corrected chi connectivity index (χ0v) is 18.9. The van der Waals surface area contributed by atoms with Crippen LogP contribution in [0.2, 0.25) is 0 Å². The van der Waals surface area contributed by atoms with E-state index in [1.165, 1.54) is 6.42 Å². The Morgan fingerprint density at radius 3 is 2.18 bits per heavy atom. The molecule has 4 bridgehead atoms. The molecule has 0 saturated heterocycles. The van der Waals surface area contributed by atoms with Crippen LogP contribution in [0.25, 0.3) is 0 Å². The molecule has 1 heterocycles. The van der Waals surface area contributed by atoms with Crippen LogP contribution in [0, 0.1) is 23.7 Å². The summed E-state index contributed by atoms with van der Waals surface area (Å²) >= 11 is 0. The molecule has 0 aromatic heterocycles. The number of urea groups is 1. The average molecular weight is 443 g/mol. The van der Waals surface area contributed by atoms with Crippen LogP contribution in [-0.4, -0.2) is 41.8 Å². The highest BCUT2D eigenvalue weighted by Gasteiger charge is 2.53. The minimum Gasteiger partial charge on any atom is -0.351 e. The van der Waals surface area contributed by atoms with Gasteiger partial charge in [0.15, 0.2) is 0 Å². The summed E-state index contributed by atoms with van der Waals surface area (Å²) in [6, 6.07) is 17.2. The first-order valence-corrected chi connectivity index (χ1v) is 12.1. The Morgan fingerprint density at radius 1 is 0.939 bits per heavy atom. The summed E-state index contributed by atoms with van der Waals surface area (Å²) in [4.78, 5) is 35.2. The molecule has 5 aliphatic rings. The lowest BCUT2D eigenvalue weighted by Crippen LogP contribution is -2.63. The lowest BCUT2D eigenvalue weighted by atomic mass is 9.54. The molecule has 4 fully saturated rings. The Balaban J connectivity index is 1.49. The van der Waals surface area contributed by atoms with Gasteiger partial charge in [-0.25, -0.2) is 9.79 Å². The van der Waals surface area contributed by atoms with E-state index in [0.29, 0.717) is 11.8 Å². The molecule has 1 atom stereocenters. The minimum atomic E-state index is -0.961. The number of hydrogen-bond donors (Lipinski definition) is 1. The largest absolute Gasteiger partial charge is 0.351 e. The minimum absolute atomic E-state index is 0.0142. The number of fused-ring (bicyclic) bond motifs is 1. The van der Waals surface area contributed by atoms with E-state index in [4.69, 9.17) is 10.7 Å². The van der Waals surface area contributed by atoms with Crippen LogP contribution in [0.15, 0.2) is 59.6 Å². The fourth-order valence-electron chi connectivity index (χ4n) is 7.29. The summed E-state index contributed by atoms with van der Waals surface area (Å²) in [5.74, 6) is 2.14. The Kier molecular flexibility index (Phi) is 4.78. The van der Waals surface area contributed by atoms with Gasteiger partial charge in [-0.1, -0.05) is 48.5 Å². The van der Waals surface area contributed by atoms with Crippen molar-refractivity contribution in [3.63, 3.8) is 0 Å². The molecule has 170 valence electrons. The summed E-state index contributed by atoms with van der Waals surface area (Å²) in [6.45, 7) is 0. The Hall–Kier alpha value is -3.15. The molecule has 3 amide bonds. The van der Waals surface area contributed by atoms with Crippen LogP contribution < -0.4 is 10.6 Å². The lowest BCUT2D eigenvalue weighted by Gasteiger charge is -2.57. The molecule has 1 unspecified atom stereocenters. The molecule has 33 heavy (non-hydrogen) atoms. The Bertz CT molecular complexity index is 1100. The topological polar surface area (TPSA) is 79.0 Å². The van der Waals surface area contributed by atoms with Gasteiger partial charge in [-0.15, -0.1) is 0 Å². The number of primary amides is 1. The van der Waals surface area contributed by atoms with Crippen molar-refractivity contribution < 1.29 is 9.59 Å².